The molecule has 1 fully saturated rings. The number of likely N-dealkylation sites (tertiary alicyclic amines) is 1. The van der Waals surface area contributed by atoms with Crippen molar-refractivity contribution in [2.75, 3.05) is 17.8 Å². The first-order chi connectivity index (χ1) is 14.4. The lowest BCUT2D eigenvalue weighted by molar-refractivity contribution is 0.0796. The molecule has 1 N–H and O–H groups in total. The first kappa shape index (κ1) is 20.5. The zero-order valence-corrected chi connectivity index (χ0v) is 18.5. The van der Waals surface area contributed by atoms with E-state index in [9.17, 15) is 13.2 Å². The molecule has 154 valence electrons. The molecule has 1 saturated heterocycles. The number of anilines is 1. The number of hydrogen-bond acceptors (Lipinski definition) is 7. The number of carbonyl (C=O) groups is 1. The van der Waals surface area contributed by atoms with Crippen molar-refractivity contribution in [2.24, 2.45) is 0 Å². The quantitative estimate of drug-likeness (QED) is 0.620. The van der Waals surface area contributed by atoms with Crippen molar-refractivity contribution in [3.8, 4) is 16.6 Å². The molecule has 3 aromatic rings. The second-order valence-electron chi connectivity index (χ2n) is 6.88. The van der Waals surface area contributed by atoms with E-state index in [4.69, 9.17) is 5.26 Å². The smallest absolute Gasteiger partial charge is 0.271 e. The predicted molar refractivity (Wildman–Crippen MR) is 117 cm³/mol. The molecule has 7 nitrogen and oxygen atoms in total. The molecule has 0 saturated carbocycles. The number of nitrogens with one attached hydrogen (secondary N) is 1. The Labute approximate surface area is 182 Å². The number of thiophene rings is 1. The minimum absolute atomic E-state index is 0.000641. The molecule has 1 aliphatic rings. The molecule has 2 aromatic heterocycles. The molecule has 1 amide bonds. The summed E-state index contributed by atoms with van der Waals surface area (Å²) in [6.45, 7) is 3.35. The molecule has 0 bridgehead atoms. The van der Waals surface area contributed by atoms with Crippen LogP contribution >= 0.6 is 22.7 Å². The molecular formula is C20H18N4O3S3. The molecule has 4 rings (SSSR count). The molecule has 10 heteroatoms. The van der Waals surface area contributed by atoms with Gasteiger partial charge in [-0.2, -0.15) is 5.26 Å². The third-order valence-corrected chi connectivity index (χ3v) is 8.75. The highest BCUT2D eigenvalue weighted by atomic mass is 32.2. The van der Waals surface area contributed by atoms with Crippen molar-refractivity contribution in [2.45, 2.75) is 24.0 Å². The number of nitrogens with zero attached hydrogens (tertiary/aromatic N) is 3. The van der Waals surface area contributed by atoms with Gasteiger partial charge < -0.3 is 4.90 Å². The van der Waals surface area contributed by atoms with Crippen LogP contribution in [-0.2, 0) is 10.0 Å². The van der Waals surface area contributed by atoms with Gasteiger partial charge in [-0.15, -0.1) is 22.7 Å². The third kappa shape index (κ3) is 4.09. The molecule has 0 unspecified atom stereocenters. The van der Waals surface area contributed by atoms with E-state index < -0.39 is 10.0 Å². The van der Waals surface area contributed by atoms with E-state index in [-0.39, 0.29) is 10.1 Å². The van der Waals surface area contributed by atoms with E-state index in [0.717, 1.165) is 37.3 Å². The Morgan fingerprint density at radius 2 is 1.93 bits per heavy atom. The SMILES string of the molecule is Cc1nc(-c2csc(S(=O)(=O)Nc3ccc(C#N)cc3)c2)sc1C(=O)N1CCCC1. The Hall–Kier alpha value is -2.74. The highest BCUT2D eigenvalue weighted by Gasteiger charge is 2.25. The number of aryl methyl sites for hydroxylation is 1. The van der Waals surface area contributed by atoms with Gasteiger partial charge in [-0.05, 0) is 50.1 Å². The summed E-state index contributed by atoms with van der Waals surface area (Å²) in [5.41, 5.74) is 2.18. The van der Waals surface area contributed by atoms with Crippen molar-refractivity contribution in [3.05, 3.63) is 51.8 Å². The molecule has 3 heterocycles. The Bertz CT molecular complexity index is 1230. The van der Waals surface area contributed by atoms with Gasteiger partial charge in [0, 0.05) is 29.7 Å². The molecular weight excluding hydrogens is 440 g/mol. The van der Waals surface area contributed by atoms with Gasteiger partial charge >= 0.3 is 0 Å². The number of hydrogen-bond donors (Lipinski definition) is 1. The van der Waals surface area contributed by atoms with E-state index in [2.05, 4.69) is 9.71 Å². The van der Waals surface area contributed by atoms with E-state index in [1.165, 1.54) is 11.3 Å². The van der Waals surface area contributed by atoms with E-state index in [1.807, 2.05) is 11.0 Å². The topological polar surface area (TPSA) is 103 Å². The summed E-state index contributed by atoms with van der Waals surface area (Å²) in [6, 6.07) is 9.76. The van der Waals surface area contributed by atoms with Crippen LogP contribution in [-0.4, -0.2) is 37.3 Å². The first-order valence-corrected chi connectivity index (χ1v) is 12.4. The lowest BCUT2D eigenvalue weighted by atomic mass is 10.2. The number of amides is 1. The van der Waals surface area contributed by atoms with Crippen LogP contribution in [0, 0.1) is 18.3 Å². The van der Waals surface area contributed by atoms with Crippen LogP contribution in [0.15, 0.2) is 39.9 Å². The Balaban J connectivity index is 1.55. The maximum atomic E-state index is 12.7. The average molecular weight is 459 g/mol. The summed E-state index contributed by atoms with van der Waals surface area (Å²) in [5, 5.41) is 11.2. The second-order valence-corrected chi connectivity index (χ2v) is 10.7. The Morgan fingerprint density at radius 1 is 1.23 bits per heavy atom. The van der Waals surface area contributed by atoms with Crippen LogP contribution in [0.1, 0.15) is 33.8 Å². The van der Waals surface area contributed by atoms with E-state index in [0.29, 0.717) is 32.4 Å². The number of aromatic nitrogens is 1. The van der Waals surface area contributed by atoms with Gasteiger partial charge in [0.25, 0.3) is 15.9 Å². The zero-order chi connectivity index (χ0) is 21.3. The summed E-state index contributed by atoms with van der Waals surface area (Å²) in [6.07, 6.45) is 2.04. The second kappa shape index (κ2) is 8.18. The summed E-state index contributed by atoms with van der Waals surface area (Å²) in [5.74, 6) is -0.000641. The molecule has 0 radical (unpaired) electrons. The lowest BCUT2D eigenvalue weighted by Crippen LogP contribution is -2.27. The summed E-state index contributed by atoms with van der Waals surface area (Å²) < 4.78 is 28.1. The van der Waals surface area contributed by atoms with E-state index in [1.54, 1.807) is 42.6 Å². The van der Waals surface area contributed by atoms with Crippen molar-refractivity contribution in [3.63, 3.8) is 0 Å². The number of nitriles is 1. The Kier molecular flexibility index (Phi) is 5.60. The minimum Gasteiger partial charge on any atom is -0.338 e. The fourth-order valence-electron chi connectivity index (χ4n) is 3.17. The van der Waals surface area contributed by atoms with Crippen molar-refractivity contribution >= 4 is 44.3 Å². The minimum atomic E-state index is -3.77. The number of carbonyl (C=O) groups excluding carboxylic acids is 1. The summed E-state index contributed by atoms with van der Waals surface area (Å²) in [7, 11) is -3.77. The maximum Gasteiger partial charge on any atom is 0.271 e. The van der Waals surface area contributed by atoms with Crippen molar-refractivity contribution in [1.82, 2.24) is 9.88 Å². The highest BCUT2D eigenvalue weighted by Crippen LogP contribution is 2.34. The maximum absolute atomic E-state index is 12.7. The van der Waals surface area contributed by atoms with Gasteiger partial charge in [0.1, 0.15) is 14.1 Å². The monoisotopic (exact) mass is 458 g/mol. The van der Waals surface area contributed by atoms with Crippen LogP contribution in [0.3, 0.4) is 0 Å². The fourth-order valence-corrected chi connectivity index (χ4v) is 6.49. The van der Waals surface area contributed by atoms with Crippen LogP contribution in [0.4, 0.5) is 5.69 Å². The lowest BCUT2D eigenvalue weighted by Gasteiger charge is -2.13. The van der Waals surface area contributed by atoms with Crippen LogP contribution in [0.5, 0.6) is 0 Å². The molecule has 1 aromatic carbocycles. The predicted octanol–water partition coefficient (Wildman–Crippen LogP) is 4.09. The standard InChI is InChI=1S/C20H18N4O3S3/c1-13-18(20(25)24-8-2-3-9-24)29-19(22-13)15-10-17(28-12-15)30(26,27)23-16-6-4-14(11-21)5-7-16/h4-7,10,12,23H,2-3,8-9H2,1H3. The van der Waals surface area contributed by atoms with Crippen LogP contribution in [0.2, 0.25) is 0 Å². The van der Waals surface area contributed by atoms with Gasteiger partial charge in [-0.3, -0.25) is 9.52 Å². The van der Waals surface area contributed by atoms with Crippen molar-refractivity contribution < 1.29 is 13.2 Å². The van der Waals surface area contributed by atoms with Crippen molar-refractivity contribution in [1.29, 1.82) is 5.26 Å². The van der Waals surface area contributed by atoms with Gasteiger partial charge in [0.15, 0.2) is 0 Å². The Morgan fingerprint density at radius 3 is 2.60 bits per heavy atom. The highest BCUT2D eigenvalue weighted by molar-refractivity contribution is 7.94. The van der Waals surface area contributed by atoms with Gasteiger partial charge in [-0.25, -0.2) is 13.4 Å². The molecule has 0 atom stereocenters. The molecule has 1 aliphatic heterocycles. The number of sulfonamides is 1. The van der Waals surface area contributed by atoms with Gasteiger partial charge in [-0.1, -0.05) is 0 Å². The number of benzene rings is 1. The van der Waals surface area contributed by atoms with Crippen LogP contribution < -0.4 is 4.72 Å². The molecule has 0 aliphatic carbocycles. The normalized spacial score (nSPS) is 13.9. The number of rotatable bonds is 5. The molecule has 0 spiro atoms. The third-order valence-electron chi connectivity index (χ3n) is 4.74. The van der Waals surface area contributed by atoms with E-state index >= 15 is 0 Å². The molecule has 30 heavy (non-hydrogen) atoms. The van der Waals surface area contributed by atoms with Crippen LogP contribution in [0.25, 0.3) is 10.6 Å². The fraction of sp³-hybridized carbons (Fsp3) is 0.250. The average Bonchev–Trinajstić information content (AvgIpc) is 3.48. The summed E-state index contributed by atoms with van der Waals surface area (Å²) in [4.78, 5) is 19.7. The number of thiazole rings is 1. The first-order valence-electron chi connectivity index (χ1n) is 9.26. The van der Waals surface area contributed by atoms with Gasteiger partial charge in [0.2, 0.25) is 0 Å². The zero-order valence-electron chi connectivity index (χ0n) is 16.1. The summed E-state index contributed by atoms with van der Waals surface area (Å²) >= 11 is 2.39. The largest absolute Gasteiger partial charge is 0.338 e. The van der Waals surface area contributed by atoms with Gasteiger partial charge in [0.05, 0.1) is 17.3 Å².